The van der Waals surface area contributed by atoms with E-state index in [0.29, 0.717) is 11.5 Å². The molecule has 23 heavy (non-hydrogen) atoms. The van der Waals surface area contributed by atoms with Crippen molar-refractivity contribution in [1.82, 2.24) is 0 Å². The molecule has 1 aliphatic rings. The van der Waals surface area contributed by atoms with E-state index < -0.39 is 5.97 Å². The van der Waals surface area contributed by atoms with Crippen LogP contribution in [0.4, 0.5) is 0 Å². The smallest absolute Gasteiger partial charge is 0.346 e. The first-order valence-corrected chi connectivity index (χ1v) is 8.54. The molecule has 1 aromatic rings. The Morgan fingerprint density at radius 2 is 1.43 bits per heavy atom. The van der Waals surface area contributed by atoms with Crippen molar-refractivity contribution >= 4 is 11.9 Å². The van der Waals surface area contributed by atoms with Gasteiger partial charge in [0, 0.05) is 0 Å². The number of esters is 2. The molecule has 2 unspecified atom stereocenters. The molecular formula is C20H28O3. The van der Waals surface area contributed by atoms with Crippen LogP contribution in [0.3, 0.4) is 0 Å². The van der Waals surface area contributed by atoms with E-state index >= 15 is 0 Å². The predicted octanol–water partition coefficient (Wildman–Crippen LogP) is 4.61. The number of ether oxygens (including phenoxy) is 1. The number of carbonyl (C=O) groups excluding carboxylic acids is 2. The Morgan fingerprint density at radius 1 is 0.957 bits per heavy atom. The van der Waals surface area contributed by atoms with E-state index in [9.17, 15) is 9.59 Å². The summed E-state index contributed by atoms with van der Waals surface area (Å²) in [4.78, 5) is 25.0. The number of rotatable bonds is 2. The van der Waals surface area contributed by atoms with Gasteiger partial charge in [-0.15, -0.1) is 0 Å². The summed E-state index contributed by atoms with van der Waals surface area (Å²) >= 11 is 0. The fourth-order valence-electron chi connectivity index (χ4n) is 4.40. The van der Waals surface area contributed by atoms with E-state index in [1.165, 1.54) is 0 Å². The second-order valence-electron chi connectivity index (χ2n) is 7.54. The van der Waals surface area contributed by atoms with Crippen LogP contribution >= 0.6 is 0 Å². The van der Waals surface area contributed by atoms with Crippen molar-refractivity contribution in [3.63, 3.8) is 0 Å². The van der Waals surface area contributed by atoms with E-state index in [0.717, 1.165) is 29.5 Å². The molecule has 0 radical (unpaired) electrons. The molecule has 1 aromatic carbocycles. The molecule has 0 bridgehead atoms. The van der Waals surface area contributed by atoms with Gasteiger partial charge in [-0.25, -0.2) is 4.79 Å². The number of benzene rings is 1. The largest absolute Gasteiger partial charge is 0.389 e. The third kappa shape index (κ3) is 3.82. The number of hydrogen-bond donors (Lipinski definition) is 0. The lowest BCUT2D eigenvalue weighted by Crippen LogP contribution is -2.36. The average molecular weight is 316 g/mol. The van der Waals surface area contributed by atoms with Gasteiger partial charge in [-0.1, -0.05) is 38.5 Å². The van der Waals surface area contributed by atoms with Crippen molar-refractivity contribution in [2.75, 3.05) is 0 Å². The van der Waals surface area contributed by atoms with Gasteiger partial charge in [0.2, 0.25) is 0 Å². The number of hydrogen-bond acceptors (Lipinski definition) is 3. The Bertz CT molecular complexity index is 582. The summed E-state index contributed by atoms with van der Waals surface area (Å²) in [5.41, 5.74) is 3.34. The first kappa shape index (κ1) is 17.7. The van der Waals surface area contributed by atoms with E-state index in [1.807, 2.05) is 32.9 Å². The van der Waals surface area contributed by atoms with Gasteiger partial charge in [-0.05, 0) is 62.5 Å². The lowest BCUT2D eigenvalue weighted by molar-refractivity contribution is -0.148. The average Bonchev–Trinajstić information content (AvgIpc) is 2.35. The fourth-order valence-corrected chi connectivity index (χ4v) is 4.40. The number of carbonyl (C=O) groups is 2. The van der Waals surface area contributed by atoms with Gasteiger partial charge >= 0.3 is 11.9 Å². The first-order valence-electron chi connectivity index (χ1n) is 8.54. The van der Waals surface area contributed by atoms with Crippen molar-refractivity contribution < 1.29 is 14.3 Å². The summed E-state index contributed by atoms with van der Waals surface area (Å²) in [7, 11) is 0. The van der Waals surface area contributed by atoms with Crippen LogP contribution in [0.25, 0.3) is 0 Å². The molecule has 0 amide bonds. The maximum atomic E-state index is 12.6. The summed E-state index contributed by atoms with van der Waals surface area (Å²) in [6, 6.07) is 3.89. The van der Waals surface area contributed by atoms with Gasteiger partial charge in [0.1, 0.15) is 0 Å². The molecule has 0 spiro atoms. The molecule has 4 atom stereocenters. The SMILES string of the molecule is Cc1cc(C)c(C(=O)OC(=O)C2[C@H](C)CC(C)C[C@@H]2C)c(C)c1. The van der Waals surface area contributed by atoms with Crippen molar-refractivity contribution in [2.45, 2.75) is 54.4 Å². The molecule has 1 aliphatic carbocycles. The first-order chi connectivity index (χ1) is 10.7. The van der Waals surface area contributed by atoms with Crippen LogP contribution in [0.2, 0.25) is 0 Å². The molecule has 0 saturated heterocycles. The Kier molecular flexibility index (Phi) is 5.28. The van der Waals surface area contributed by atoms with Crippen LogP contribution in [0, 0.1) is 44.4 Å². The maximum Gasteiger partial charge on any atom is 0.346 e. The number of aryl methyl sites for hydroxylation is 3. The van der Waals surface area contributed by atoms with Crippen LogP contribution in [-0.2, 0) is 9.53 Å². The molecule has 0 aromatic heterocycles. The monoisotopic (exact) mass is 316 g/mol. The highest BCUT2D eigenvalue weighted by Crippen LogP contribution is 2.38. The lowest BCUT2D eigenvalue weighted by Gasteiger charge is -2.36. The lowest BCUT2D eigenvalue weighted by atomic mass is 9.69. The highest BCUT2D eigenvalue weighted by Gasteiger charge is 2.38. The van der Waals surface area contributed by atoms with Crippen molar-refractivity contribution in [2.24, 2.45) is 23.7 Å². The highest BCUT2D eigenvalue weighted by molar-refractivity contribution is 5.99. The van der Waals surface area contributed by atoms with Crippen LogP contribution in [0.1, 0.15) is 60.7 Å². The topological polar surface area (TPSA) is 43.4 Å². The zero-order valence-corrected chi connectivity index (χ0v) is 15.1. The van der Waals surface area contributed by atoms with E-state index in [1.54, 1.807) is 0 Å². The third-order valence-electron chi connectivity index (χ3n) is 5.12. The minimum Gasteiger partial charge on any atom is -0.389 e. The summed E-state index contributed by atoms with van der Waals surface area (Å²) in [5.74, 6) is 0.0929. The summed E-state index contributed by atoms with van der Waals surface area (Å²) in [5, 5.41) is 0. The van der Waals surface area contributed by atoms with Crippen LogP contribution in [0.15, 0.2) is 12.1 Å². The van der Waals surface area contributed by atoms with Gasteiger partial charge in [0.25, 0.3) is 0 Å². The predicted molar refractivity (Wildman–Crippen MR) is 91.3 cm³/mol. The molecule has 0 heterocycles. The molecule has 2 rings (SSSR count). The molecule has 3 nitrogen and oxygen atoms in total. The quantitative estimate of drug-likeness (QED) is 0.591. The zero-order valence-electron chi connectivity index (χ0n) is 15.1. The third-order valence-corrected chi connectivity index (χ3v) is 5.12. The highest BCUT2D eigenvalue weighted by atomic mass is 16.6. The van der Waals surface area contributed by atoms with E-state index in [-0.39, 0.29) is 23.7 Å². The fraction of sp³-hybridized carbons (Fsp3) is 0.600. The van der Waals surface area contributed by atoms with Crippen LogP contribution < -0.4 is 0 Å². The molecule has 0 aliphatic heterocycles. The summed E-state index contributed by atoms with van der Waals surface area (Å²) < 4.78 is 5.28. The van der Waals surface area contributed by atoms with E-state index in [2.05, 4.69) is 20.8 Å². The Hall–Kier alpha value is -1.64. The van der Waals surface area contributed by atoms with Crippen molar-refractivity contribution in [3.8, 4) is 0 Å². The molecule has 1 fully saturated rings. The summed E-state index contributed by atoms with van der Waals surface area (Å²) in [6.45, 7) is 12.2. The second kappa shape index (κ2) is 6.86. The normalized spacial score (nSPS) is 27.6. The second-order valence-corrected chi connectivity index (χ2v) is 7.54. The van der Waals surface area contributed by atoms with Gasteiger partial charge in [0.15, 0.2) is 0 Å². The van der Waals surface area contributed by atoms with Crippen LogP contribution in [0.5, 0.6) is 0 Å². The Morgan fingerprint density at radius 3 is 1.91 bits per heavy atom. The molecule has 126 valence electrons. The van der Waals surface area contributed by atoms with Crippen molar-refractivity contribution in [3.05, 3.63) is 34.4 Å². The van der Waals surface area contributed by atoms with E-state index in [4.69, 9.17) is 4.74 Å². The molecular weight excluding hydrogens is 288 g/mol. The Labute approximate surface area is 139 Å². The van der Waals surface area contributed by atoms with Gasteiger partial charge in [-0.2, -0.15) is 0 Å². The van der Waals surface area contributed by atoms with Gasteiger partial charge in [-0.3, -0.25) is 4.79 Å². The Balaban J connectivity index is 2.16. The van der Waals surface area contributed by atoms with Crippen molar-refractivity contribution in [1.29, 1.82) is 0 Å². The maximum absolute atomic E-state index is 12.6. The zero-order chi connectivity index (χ0) is 17.3. The standard InChI is InChI=1S/C20H28O3/c1-11-7-13(3)17(14(4)8-11)19(21)23-20(22)18-15(5)9-12(2)10-16(18)6/h7-8,12,15-16,18H,9-10H2,1-6H3/t12?,15-,16+,18?. The minimum atomic E-state index is -0.511. The molecule has 3 heteroatoms. The van der Waals surface area contributed by atoms with Crippen LogP contribution in [-0.4, -0.2) is 11.9 Å². The molecule has 0 N–H and O–H groups in total. The molecule has 1 saturated carbocycles. The summed E-state index contributed by atoms with van der Waals surface area (Å²) in [6.07, 6.45) is 2.03. The van der Waals surface area contributed by atoms with Gasteiger partial charge in [0.05, 0.1) is 11.5 Å². The van der Waals surface area contributed by atoms with Gasteiger partial charge < -0.3 is 4.74 Å². The minimum absolute atomic E-state index is 0.179.